The molecule has 13 heavy (non-hydrogen) atoms. The lowest BCUT2D eigenvalue weighted by Crippen LogP contribution is -2.09. The molecule has 1 aromatic heterocycles. The molecule has 1 heterocycles. The molecule has 2 unspecified atom stereocenters. The van der Waals surface area contributed by atoms with E-state index < -0.39 is 0 Å². The minimum absolute atomic E-state index is 0.136. The van der Waals surface area contributed by atoms with Gasteiger partial charge < -0.3 is 9.84 Å². The smallest absolute Gasteiger partial charge is 0.173 e. The first-order valence-corrected chi connectivity index (χ1v) is 5.44. The molecule has 0 radical (unpaired) electrons. The van der Waals surface area contributed by atoms with Crippen LogP contribution in [0.25, 0.3) is 0 Å². The first-order chi connectivity index (χ1) is 6.31. The van der Waals surface area contributed by atoms with Gasteiger partial charge in [-0.1, -0.05) is 6.42 Å². The van der Waals surface area contributed by atoms with Gasteiger partial charge in [0.05, 0.1) is 13.2 Å². The van der Waals surface area contributed by atoms with E-state index in [-0.39, 0.29) is 6.10 Å². The van der Waals surface area contributed by atoms with Crippen LogP contribution in [0.2, 0.25) is 0 Å². The Kier molecular flexibility index (Phi) is 2.56. The fourth-order valence-electron chi connectivity index (χ4n) is 1.92. The Balaban J connectivity index is 2.15. The molecule has 1 N–H and O–H groups in total. The summed E-state index contributed by atoms with van der Waals surface area (Å²) in [7, 11) is 1.68. The van der Waals surface area contributed by atoms with Gasteiger partial charge in [-0.25, -0.2) is 0 Å². The van der Waals surface area contributed by atoms with Crippen molar-refractivity contribution in [3.8, 4) is 5.06 Å². The van der Waals surface area contributed by atoms with Gasteiger partial charge in [-0.2, -0.15) is 0 Å². The highest BCUT2D eigenvalue weighted by atomic mass is 32.1. The van der Waals surface area contributed by atoms with Gasteiger partial charge >= 0.3 is 0 Å². The summed E-state index contributed by atoms with van der Waals surface area (Å²) < 4.78 is 5.13. The van der Waals surface area contributed by atoms with E-state index in [2.05, 4.69) is 6.07 Å². The first kappa shape index (κ1) is 9.03. The number of hydrogen-bond donors (Lipinski definition) is 1. The minimum atomic E-state index is -0.136. The fraction of sp³-hybridized carbons (Fsp3) is 0.600. The van der Waals surface area contributed by atoms with Crippen molar-refractivity contribution in [3.63, 3.8) is 0 Å². The molecule has 1 aromatic rings. The quantitative estimate of drug-likeness (QED) is 0.790. The number of rotatable bonds is 2. The second-order valence-electron chi connectivity index (χ2n) is 3.47. The minimum Gasteiger partial charge on any atom is -0.487 e. The first-order valence-electron chi connectivity index (χ1n) is 4.63. The Morgan fingerprint density at radius 2 is 2.31 bits per heavy atom. The Bertz CT molecular complexity index is 282. The zero-order valence-corrected chi connectivity index (χ0v) is 8.51. The van der Waals surface area contributed by atoms with Crippen molar-refractivity contribution in [2.75, 3.05) is 7.11 Å². The van der Waals surface area contributed by atoms with Crippen molar-refractivity contribution >= 4 is 11.3 Å². The zero-order chi connectivity index (χ0) is 9.26. The molecule has 2 rings (SSSR count). The molecule has 0 amide bonds. The van der Waals surface area contributed by atoms with Crippen molar-refractivity contribution in [1.29, 1.82) is 0 Å². The number of aliphatic hydroxyl groups excluding tert-OH is 1. The summed E-state index contributed by atoms with van der Waals surface area (Å²) in [6.45, 7) is 0. The van der Waals surface area contributed by atoms with Crippen LogP contribution in [0.5, 0.6) is 5.06 Å². The summed E-state index contributed by atoms with van der Waals surface area (Å²) in [5, 5.41) is 10.6. The van der Waals surface area contributed by atoms with Crippen LogP contribution in [0.15, 0.2) is 12.1 Å². The van der Waals surface area contributed by atoms with Gasteiger partial charge in [0, 0.05) is 10.8 Å². The molecule has 0 aromatic carbocycles. The molecule has 0 aliphatic heterocycles. The van der Waals surface area contributed by atoms with Crippen LogP contribution in [0.1, 0.15) is 30.1 Å². The second kappa shape index (κ2) is 3.68. The normalized spacial score (nSPS) is 27.8. The van der Waals surface area contributed by atoms with E-state index >= 15 is 0 Å². The maximum absolute atomic E-state index is 9.69. The van der Waals surface area contributed by atoms with Crippen molar-refractivity contribution in [1.82, 2.24) is 0 Å². The lowest BCUT2D eigenvalue weighted by molar-refractivity contribution is 0.165. The van der Waals surface area contributed by atoms with Crippen LogP contribution in [0.3, 0.4) is 0 Å². The molecular weight excluding hydrogens is 184 g/mol. The fourth-order valence-corrected chi connectivity index (χ4v) is 2.93. The zero-order valence-electron chi connectivity index (χ0n) is 7.69. The average molecular weight is 198 g/mol. The number of ether oxygens (including phenoxy) is 1. The lowest BCUT2D eigenvalue weighted by atomic mass is 10.0. The lowest BCUT2D eigenvalue weighted by Gasteiger charge is -2.11. The molecule has 2 nitrogen and oxygen atoms in total. The molecule has 1 saturated carbocycles. The van der Waals surface area contributed by atoms with Gasteiger partial charge in [-0.15, -0.1) is 11.3 Å². The third kappa shape index (κ3) is 1.71. The molecule has 0 spiro atoms. The maximum atomic E-state index is 9.69. The Morgan fingerprint density at radius 3 is 2.85 bits per heavy atom. The largest absolute Gasteiger partial charge is 0.487 e. The SMILES string of the molecule is COc1ccc(C2CCCC2O)s1. The molecule has 1 aliphatic rings. The number of hydrogen-bond acceptors (Lipinski definition) is 3. The van der Waals surface area contributed by atoms with Gasteiger partial charge in [0.15, 0.2) is 5.06 Å². The summed E-state index contributed by atoms with van der Waals surface area (Å²) in [6, 6.07) is 4.05. The predicted octanol–water partition coefficient (Wildman–Crippen LogP) is 2.39. The Hall–Kier alpha value is -0.540. The van der Waals surface area contributed by atoms with Crippen LogP contribution in [0, 0.1) is 0 Å². The summed E-state index contributed by atoms with van der Waals surface area (Å²) >= 11 is 1.65. The van der Waals surface area contributed by atoms with Crippen LogP contribution in [-0.4, -0.2) is 18.3 Å². The molecule has 1 aliphatic carbocycles. The molecule has 2 atom stereocenters. The third-order valence-electron chi connectivity index (χ3n) is 2.65. The maximum Gasteiger partial charge on any atom is 0.173 e. The highest BCUT2D eigenvalue weighted by Gasteiger charge is 2.27. The van der Waals surface area contributed by atoms with Crippen LogP contribution >= 0.6 is 11.3 Å². The second-order valence-corrected chi connectivity index (χ2v) is 4.54. The van der Waals surface area contributed by atoms with Crippen molar-refractivity contribution in [3.05, 3.63) is 17.0 Å². The highest BCUT2D eigenvalue weighted by Crippen LogP contribution is 2.39. The summed E-state index contributed by atoms with van der Waals surface area (Å²) in [6.07, 6.45) is 3.07. The number of methoxy groups -OCH3 is 1. The average Bonchev–Trinajstić information content (AvgIpc) is 2.71. The molecule has 72 valence electrons. The van der Waals surface area contributed by atoms with Gasteiger partial charge in [0.1, 0.15) is 0 Å². The molecule has 1 fully saturated rings. The Labute approximate surface area is 82.2 Å². The van der Waals surface area contributed by atoms with E-state index in [9.17, 15) is 5.11 Å². The van der Waals surface area contributed by atoms with E-state index in [0.29, 0.717) is 5.92 Å². The van der Waals surface area contributed by atoms with Crippen molar-refractivity contribution < 1.29 is 9.84 Å². The standard InChI is InChI=1S/C10H14O2S/c1-12-10-6-5-9(13-10)7-3-2-4-8(7)11/h5-8,11H,2-4H2,1H3. The molecule has 3 heteroatoms. The predicted molar refractivity (Wildman–Crippen MR) is 53.5 cm³/mol. The van der Waals surface area contributed by atoms with E-state index in [1.807, 2.05) is 6.07 Å². The van der Waals surface area contributed by atoms with E-state index in [1.54, 1.807) is 18.4 Å². The van der Waals surface area contributed by atoms with E-state index in [0.717, 1.165) is 24.3 Å². The third-order valence-corrected chi connectivity index (χ3v) is 3.83. The summed E-state index contributed by atoms with van der Waals surface area (Å²) in [4.78, 5) is 1.27. The summed E-state index contributed by atoms with van der Waals surface area (Å²) in [5.74, 6) is 0.355. The van der Waals surface area contributed by atoms with Gasteiger partial charge in [0.25, 0.3) is 0 Å². The van der Waals surface area contributed by atoms with Gasteiger partial charge in [-0.3, -0.25) is 0 Å². The topological polar surface area (TPSA) is 29.5 Å². The van der Waals surface area contributed by atoms with E-state index in [1.165, 1.54) is 4.88 Å². The molecule has 0 bridgehead atoms. The highest BCUT2D eigenvalue weighted by molar-refractivity contribution is 7.13. The van der Waals surface area contributed by atoms with Gasteiger partial charge in [0.2, 0.25) is 0 Å². The number of thiophene rings is 1. The van der Waals surface area contributed by atoms with Crippen molar-refractivity contribution in [2.24, 2.45) is 0 Å². The van der Waals surface area contributed by atoms with Crippen LogP contribution in [-0.2, 0) is 0 Å². The monoisotopic (exact) mass is 198 g/mol. The Morgan fingerprint density at radius 1 is 1.46 bits per heavy atom. The van der Waals surface area contributed by atoms with Crippen molar-refractivity contribution in [2.45, 2.75) is 31.3 Å². The number of aliphatic hydroxyl groups is 1. The van der Waals surface area contributed by atoms with Crippen LogP contribution < -0.4 is 4.74 Å². The summed E-state index contributed by atoms with van der Waals surface area (Å²) in [5.41, 5.74) is 0. The molecular formula is C10H14O2S. The van der Waals surface area contributed by atoms with Crippen LogP contribution in [0.4, 0.5) is 0 Å². The van der Waals surface area contributed by atoms with Gasteiger partial charge in [-0.05, 0) is 25.0 Å². The van der Waals surface area contributed by atoms with E-state index in [4.69, 9.17) is 4.74 Å². The molecule has 0 saturated heterocycles.